The third-order valence-corrected chi connectivity index (χ3v) is 3.81. The lowest BCUT2D eigenvalue weighted by Gasteiger charge is -2.15. The minimum absolute atomic E-state index is 0.0916. The van der Waals surface area contributed by atoms with Gasteiger partial charge in [-0.25, -0.2) is 0 Å². The Hall–Kier alpha value is -2.41. The summed E-state index contributed by atoms with van der Waals surface area (Å²) in [5.74, 6) is 0.202. The molecule has 21 heavy (non-hydrogen) atoms. The molecule has 7 nitrogen and oxygen atoms in total. The maximum Gasteiger partial charge on any atom is 0.314 e. The molecule has 110 valence electrons. The molecule has 0 aliphatic carbocycles. The molecule has 4 N–H and O–H groups in total. The first-order valence-corrected chi connectivity index (χ1v) is 6.85. The van der Waals surface area contributed by atoms with Crippen molar-refractivity contribution in [3.63, 3.8) is 0 Å². The molecular weight excluding hydrogens is 272 g/mol. The fraction of sp³-hybridized carbons (Fsp3) is 0.357. The Balaban J connectivity index is 1.87. The van der Waals surface area contributed by atoms with Crippen LogP contribution in [0, 0.1) is 5.92 Å². The number of H-pyrrole nitrogens is 2. The molecule has 0 saturated carbocycles. The first kappa shape index (κ1) is 13.6. The van der Waals surface area contributed by atoms with Gasteiger partial charge < -0.3 is 20.6 Å². The monoisotopic (exact) mass is 288 g/mol. The van der Waals surface area contributed by atoms with Crippen LogP contribution in [0.3, 0.4) is 0 Å². The lowest BCUT2D eigenvalue weighted by molar-refractivity contribution is -0.118. The number of anilines is 1. The molecule has 2 atom stereocenters. The maximum absolute atomic E-state index is 12.2. The molecule has 2 aromatic rings. The smallest absolute Gasteiger partial charge is 0.314 e. The zero-order chi connectivity index (χ0) is 15.0. The second-order valence-electron chi connectivity index (χ2n) is 5.36. The zero-order valence-electron chi connectivity index (χ0n) is 11.5. The lowest BCUT2D eigenvalue weighted by Crippen LogP contribution is -2.39. The standard InChI is InChI=1S/C14H16N4O3/c1-7-4-5-15-11(7)12(19)16-8-2-3-9-10(6-8)18-14(21)13(20)17-9/h2-3,6-7,11,15H,4-5H2,1H3,(H,16,19)(H,17,20)(H,18,21). The van der Waals surface area contributed by atoms with Crippen LogP contribution in [0.4, 0.5) is 5.69 Å². The number of hydrogen-bond donors (Lipinski definition) is 4. The van der Waals surface area contributed by atoms with Crippen molar-refractivity contribution in [3.05, 3.63) is 38.9 Å². The van der Waals surface area contributed by atoms with Gasteiger partial charge in [0, 0.05) is 5.69 Å². The number of fused-ring (bicyclic) bond motifs is 1. The SMILES string of the molecule is CC1CCNC1C(=O)Nc1ccc2[nH]c(=O)c(=O)[nH]c2c1. The molecule has 3 rings (SSSR count). The molecule has 1 fully saturated rings. The number of aromatic nitrogens is 2. The van der Waals surface area contributed by atoms with Crippen LogP contribution in [0.1, 0.15) is 13.3 Å². The predicted molar refractivity (Wildman–Crippen MR) is 79.4 cm³/mol. The fourth-order valence-corrected chi connectivity index (χ4v) is 2.60. The van der Waals surface area contributed by atoms with Gasteiger partial charge in [-0.05, 0) is 37.1 Å². The van der Waals surface area contributed by atoms with Crippen molar-refractivity contribution in [2.45, 2.75) is 19.4 Å². The first-order chi connectivity index (χ1) is 10.0. The van der Waals surface area contributed by atoms with E-state index in [-0.39, 0.29) is 11.9 Å². The Labute approximate surface area is 119 Å². The molecule has 0 bridgehead atoms. The van der Waals surface area contributed by atoms with E-state index in [1.807, 2.05) is 6.92 Å². The van der Waals surface area contributed by atoms with Crippen LogP contribution in [0.25, 0.3) is 11.0 Å². The highest BCUT2D eigenvalue weighted by Crippen LogP contribution is 2.18. The molecule has 1 amide bonds. The fourth-order valence-electron chi connectivity index (χ4n) is 2.60. The summed E-state index contributed by atoms with van der Waals surface area (Å²) in [5.41, 5.74) is 0.172. The van der Waals surface area contributed by atoms with Crippen LogP contribution in [0.5, 0.6) is 0 Å². The van der Waals surface area contributed by atoms with E-state index in [9.17, 15) is 14.4 Å². The van der Waals surface area contributed by atoms with E-state index in [0.717, 1.165) is 13.0 Å². The summed E-state index contributed by atoms with van der Waals surface area (Å²) in [4.78, 5) is 39.7. The molecule has 1 aliphatic heterocycles. The molecule has 2 unspecified atom stereocenters. The summed E-state index contributed by atoms with van der Waals surface area (Å²) < 4.78 is 0. The molecule has 1 aliphatic rings. The van der Waals surface area contributed by atoms with Gasteiger partial charge in [0.25, 0.3) is 0 Å². The predicted octanol–water partition coefficient (Wildman–Crippen LogP) is 0.153. The maximum atomic E-state index is 12.2. The van der Waals surface area contributed by atoms with Crippen molar-refractivity contribution in [3.8, 4) is 0 Å². The third kappa shape index (κ3) is 2.59. The average molecular weight is 288 g/mol. The minimum Gasteiger partial charge on any atom is -0.325 e. The highest BCUT2D eigenvalue weighted by atomic mass is 16.2. The summed E-state index contributed by atoms with van der Waals surface area (Å²) in [6, 6.07) is 4.77. The highest BCUT2D eigenvalue weighted by molar-refractivity contribution is 5.96. The van der Waals surface area contributed by atoms with Gasteiger partial charge >= 0.3 is 11.1 Å². The van der Waals surface area contributed by atoms with Gasteiger partial charge in [-0.3, -0.25) is 14.4 Å². The van der Waals surface area contributed by atoms with E-state index in [1.165, 1.54) is 0 Å². The second kappa shape index (κ2) is 5.17. The van der Waals surface area contributed by atoms with Crippen molar-refractivity contribution in [1.82, 2.24) is 15.3 Å². The van der Waals surface area contributed by atoms with Gasteiger partial charge in [-0.1, -0.05) is 6.92 Å². The van der Waals surface area contributed by atoms with Crippen LogP contribution in [0.2, 0.25) is 0 Å². The first-order valence-electron chi connectivity index (χ1n) is 6.85. The summed E-state index contributed by atoms with van der Waals surface area (Å²) >= 11 is 0. The number of carbonyl (C=O) groups is 1. The van der Waals surface area contributed by atoms with E-state index in [0.29, 0.717) is 22.6 Å². The van der Waals surface area contributed by atoms with Gasteiger partial charge in [0.1, 0.15) is 0 Å². The molecule has 1 aromatic carbocycles. The summed E-state index contributed by atoms with van der Waals surface area (Å²) in [6.07, 6.45) is 0.977. The van der Waals surface area contributed by atoms with Crippen LogP contribution >= 0.6 is 0 Å². The van der Waals surface area contributed by atoms with Crippen LogP contribution in [0.15, 0.2) is 27.8 Å². The quantitative estimate of drug-likeness (QED) is 0.590. The average Bonchev–Trinajstić information content (AvgIpc) is 2.87. The van der Waals surface area contributed by atoms with E-state index in [2.05, 4.69) is 20.6 Å². The Morgan fingerprint density at radius 3 is 2.57 bits per heavy atom. The Morgan fingerprint density at radius 2 is 1.90 bits per heavy atom. The van der Waals surface area contributed by atoms with E-state index in [1.54, 1.807) is 18.2 Å². The summed E-state index contributed by atoms with van der Waals surface area (Å²) in [6.45, 7) is 2.87. The molecular formula is C14H16N4O3. The van der Waals surface area contributed by atoms with E-state index < -0.39 is 11.1 Å². The third-order valence-electron chi connectivity index (χ3n) is 3.81. The van der Waals surface area contributed by atoms with Crippen molar-refractivity contribution >= 4 is 22.6 Å². The molecule has 2 heterocycles. The number of rotatable bonds is 2. The topological polar surface area (TPSA) is 107 Å². The molecule has 7 heteroatoms. The largest absolute Gasteiger partial charge is 0.325 e. The molecule has 0 spiro atoms. The number of carbonyl (C=O) groups excluding carboxylic acids is 1. The van der Waals surface area contributed by atoms with Gasteiger partial charge in [0.15, 0.2) is 0 Å². The highest BCUT2D eigenvalue weighted by Gasteiger charge is 2.29. The minimum atomic E-state index is -0.711. The van der Waals surface area contributed by atoms with E-state index >= 15 is 0 Å². The van der Waals surface area contributed by atoms with Crippen LogP contribution in [-0.4, -0.2) is 28.5 Å². The molecule has 1 aromatic heterocycles. The number of benzene rings is 1. The van der Waals surface area contributed by atoms with E-state index in [4.69, 9.17) is 0 Å². The van der Waals surface area contributed by atoms with Gasteiger partial charge in [0.05, 0.1) is 17.1 Å². The second-order valence-corrected chi connectivity index (χ2v) is 5.36. The van der Waals surface area contributed by atoms with Gasteiger partial charge in [-0.15, -0.1) is 0 Å². The van der Waals surface area contributed by atoms with Crippen LogP contribution < -0.4 is 21.8 Å². The van der Waals surface area contributed by atoms with Crippen molar-refractivity contribution in [1.29, 1.82) is 0 Å². The van der Waals surface area contributed by atoms with Crippen LogP contribution in [-0.2, 0) is 4.79 Å². The number of aromatic amines is 2. The Bertz CT molecular complexity index is 808. The number of nitrogens with one attached hydrogen (secondary N) is 4. The van der Waals surface area contributed by atoms with Crippen molar-refractivity contribution in [2.75, 3.05) is 11.9 Å². The number of amides is 1. The van der Waals surface area contributed by atoms with Crippen molar-refractivity contribution < 1.29 is 4.79 Å². The normalized spacial score (nSPS) is 21.6. The Morgan fingerprint density at radius 1 is 1.19 bits per heavy atom. The van der Waals surface area contributed by atoms with Gasteiger partial charge in [0.2, 0.25) is 5.91 Å². The zero-order valence-corrected chi connectivity index (χ0v) is 11.5. The van der Waals surface area contributed by atoms with Gasteiger partial charge in [-0.2, -0.15) is 0 Å². The summed E-state index contributed by atoms with van der Waals surface area (Å²) in [7, 11) is 0. The molecule has 1 saturated heterocycles. The number of hydrogen-bond acceptors (Lipinski definition) is 4. The Kier molecular flexibility index (Phi) is 3.34. The molecule has 0 radical (unpaired) electrons. The lowest BCUT2D eigenvalue weighted by atomic mass is 10.0. The van der Waals surface area contributed by atoms with Crippen molar-refractivity contribution in [2.24, 2.45) is 5.92 Å². The summed E-state index contributed by atoms with van der Waals surface area (Å²) in [5, 5.41) is 5.99.